The molecule has 2 aromatic heterocycles. The average molecular weight is 298 g/mol. The third-order valence-electron chi connectivity index (χ3n) is 4.21. The molecule has 0 bridgehead atoms. The number of aryl methyl sites for hydroxylation is 2. The first-order valence-electron chi connectivity index (χ1n) is 7.79. The molecule has 0 spiro atoms. The van der Waals surface area contributed by atoms with Gasteiger partial charge in [-0.3, -0.25) is 0 Å². The Morgan fingerprint density at radius 2 is 2.05 bits per heavy atom. The average Bonchev–Trinajstić information content (AvgIpc) is 2.72. The molecule has 1 fully saturated rings. The molecule has 3 heterocycles. The summed E-state index contributed by atoms with van der Waals surface area (Å²) < 4.78 is 0. The van der Waals surface area contributed by atoms with Gasteiger partial charge in [-0.2, -0.15) is 4.98 Å². The van der Waals surface area contributed by atoms with Gasteiger partial charge in [-0.15, -0.1) is 0 Å². The lowest BCUT2D eigenvalue weighted by Gasteiger charge is -2.32. The van der Waals surface area contributed by atoms with Crippen molar-refractivity contribution in [3.63, 3.8) is 0 Å². The van der Waals surface area contributed by atoms with Crippen molar-refractivity contribution in [3.05, 3.63) is 35.5 Å². The highest BCUT2D eigenvalue weighted by Crippen LogP contribution is 2.34. The van der Waals surface area contributed by atoms with E-state index in [2.05, 4.69) is 24.8 Å². The summed E-state index contributed by atoms with van der Waals surface area (Å²) >= 11 is 0. The predicted molar refractivity (Wildman–Crippen MR) is 86.5 cm³/mol. The summed E-state index contributed by atoms with van der Waals surface area (Å²) in [4.78, 5) is 19.5. The Labute approximate surface area is 130 Å². The van der Waals surface area contributed by atoms with Crippen LogP contribution >= 0.6 is 0 Å². The fourth-order valence-corrected chi connectivity index (χ4v) is 3.16. The van der Waals surface area contributed by atoms with Crippen LogP contribution in [-0.4, -0.2) is 26.5 Å². The third kappa shape index (κ3) is 3.00. The van der Waals surface area contributed by atoms with Crippen molar-refractivity contribution in [2.45, 2.75) is 45.6 Å². The van der Waals surface area contributed by atoms with Crippen LogP contribution in [0.2, 0.25) is 0 Å². The lowest BCUT2D eigenvalue weighted by atomic mass is 10.0. The van der Waals surface area contributed by atoms with Gasteiger partial charge in [0.05, 0.1) is 6.04 Å². The van der Waals surface area contributed by atoms with Crippen LogP contribution in [0, 0.1) is 13.8 Å². The molecule has 1 aliphatic heterocycles. The summed E-state index contributed by atoms with van der Waals surface area (Å²) in [6.45, 7) is 4.96. The molecule has 6 nitrogen and oxygen atoms in total. The van der Waals surface area contributed by atoms with Crippen molar-refractivity contribution in [2.24, 2.45) is 0 Å². The van der Waals surface area contributed by atoms with Crippen LogP contribution in [0.25, 0.3) is 0 Å². The fraction of sp³-hybridized carbons (Fsp3) is 0.500. The Kier molecular flexibility index (Phi) is 4.18. The molecule has 6 heteroatoms. The van der Waals surface area contributed by atoms with Gasteiger partial charge in [-0.05, 0) is 26.7 Å². The standard InChI is InChI=1S/C16H22N6/c1-11-8-15(21-16(17)20-11)22-7-5-3-4-6-14(22)13-9-18-10-19-12(13)2/h8-10,14H,3-7H2,1-2H3,(H2,17,20,21). The molecule has 1 aliphatic rings. The molecule has 0 aliphatic carbocycles. The van der Waals surface area contributed by atoms with Crippen LogP contribution in [0.5, 0.6) is 0 Å². The van der Waals surface area contributed by atoms with Gasteiger partial charge in [-0.25, -0.2) is 15.0 Å². The van der Waals surface area contributed by atoms with Gasteiger partial charge in [0.1, 0.15) is 12.1 Å². The van der Waals surface area contributed by atoms with Gasteiger partial charge in [-0.1, -0.05) is 12.8 Å². The van der Waals surface area contributed by atoms with Crippen molar-refractivity contribution in [1.29, 1.82) is 0 Å². The number of rotatable bonds is 2. The second kappa shape index (κ2) is 6.25. The van der Waals surface area contributed by atoms with Crippen molar-refractivity contribution >= 4 is 11.8 Å². The normalized spacial score (nSPS) is 19.0. The number of nitrogens with zero attached hydrogens (tertiary/aromatic N) is 5. The summed E-state index contributed by atoms with van der Waals surface area (Å²) in [5.74, 6) is 1.24. The van der Waals surface area contributed by atoms with E-state index in [1.165, 1.54) is 18.4 Å². The fourth-order valence-electron chi connectivity index (χ4n) is 3.16. The molecule has 1 saturated heterocycles. The zero-order valence-electron chi connectivity index (χ0n) is 13.2. The highest BCUT2D eigenvalue weighted by molar-refractivity contribution is 5.46. The van der Waals surface area contributed by atoms with E-state index in [9.17, 15) is 0 Å². The molecule has 1 atom stereocenters. The lowest BCUT2D eigenvalue weighted by Crippen LogP contribution is -2.30. The molecule has 0 amide bonds. The highest BCUT2D eigenvalue weighted by atomic mass is 15.2. The summed E-state index contributed by atoms with van der Waals surface area (Å²) in [6, 6.07) is 2.26. The molecule has 0 aromatic carbocycles. The van der Waals surface area contributed by atoms with E-state index in [1.54, 1.807) is 6.33 Å². The minimum absolute atomic E-state index is 0.248. The molecule has 3 rings (SSSR count). The summed E-state index contributed by atoms with van der Waals surface area (Å²) in [7, 11) is 0. The molecule has 2 N–H and O–H groups in total. The number of aromatic nitrogens is 4. The van der Waals surface area contributed by atoms with E-state index < -0.39 is 0 Å². The maximum Gasteiger partial charge on any atom is 0.222 e. The number of hydrogen-bond donors (Lipinski definition) is 1. The van der Waals surface area contributed by atoms with Gasteiger partial charge in [0.2, 0.25) is 5.95 Å². The molecule has 22 heavy (non-hydrogen) atoms. The van der Waals surface area contributed by atoms with E-state index in [1.807, 2.05) is 26.1 Å². The quantitative estimate of drug-likeness (QED) is 0.917. The highest BCUT2D eigenvalue weighted by Gasteiger charge is 2.26. The first-order chi connectivity index (χ1) is 10.6. The molecular weight excluding hydrogens is 276 g/mol. The zero-order valence-corrected chi connectivity index (χ0v) is 13.2. The van der Waals surface area contributed by atoms with Gasteiger partial charge >= 0.3 is 0 Å². The van der Waals surface area contributed by atoms with Gasteiger partial charge < -0.3 is 10.6 Å². The van der Waals surface area contributed by atoms with Gasteiger partial charge in [0.15, 0.2) is 0 Å². The summed E-state index contributed by atoms with van der Waals surface area (Å²) in [6.07, 6.45) is 8.22. The van der Waals surface area contributed by atoms with Crippen molar-refractivity contribution in [2.75, 3.05) is 17.2 Å². The van der Waals surface area contributed by atoms with Crippen molar-refractivity contribution < 1.29 is 0 Å². The third-order valence-corrected chi connectivity index (χ3v) is 4.21. The van der Waals surface area contributed by atoms with E-state index in [0.717, 1.165) is 36.6 Å². The van der Waals surface area contributed by atoms with Crippen LogP contribution in [0.4, 0.5) is 11.8 Å². The van der Waals surface area contributed by atoms with Crippen LogP contribution in [0.1, 0.15) is 48.7 Å². The maximum absolute atomic E-state index is 5.85. The smallest absolute Gasteiger partial charge is 0.222 e. The van der Waals surface area contributed by atoms with E-state index in [0.29, 0.717) is 5.95 Å². The maximum atomic E-state index is 5.85. The first-order valence-corrected chi connectivity index (χ1v) is 7.79. The molecule has 1 unspecified atom stereocenters. The second-order valence-electron chi connectivity index (χ2n) is 5.85. The largest absolute Gasteiger partial charge is 0.368 e. The summed E-state index contributed by atoms with van der Waals surface area (Å²) in [5.41, 5.74) is 8.95. The Morgan fingerprint density at radius 1 is 1.18 bits per heavy atom. The predicted octanol–water partition coefficient (Wildman–Crippen LogP) is 2.59. The Bertz CT molecular complexity index is 637. The zero-order chi connectivity index (χ0) is 15.5. The van der Waals surface area contributed by atoms with Crippen LogP contribution in [0.15, 0.2) is 18.6 Å². The monoisotopic (exact) mass is 298 g/mol. The Hall–Kier alpha value is -2.24. The minimum Gasteiger partial charge on any atom is -0.368 e. The Balaban J connectivity index is 2.03. The minimum atomic E-state index is 0.248. The number of anilines is 2. The van der Waals surface area contributed by atoms with E-state index in [4.69, 9.17) is 5.73 Å². The number of hydrogen-bond acceptors (Lipinski definition) is 6. The van der Waals surface area contributed by atoms with Crippen molar-refractivity contribution in [1.82, 2.24) is 19.9 Å². The summed E-state index contributed by atoms with van der Waals surface area (Å²) in [5, 5.41) is 0. The number of nitrogens with two attached hydrogens (primary N) is 1. The molecular formula is C16H22N6. The van der Waals surface area contributed by atoms with Crippen LogP contribution < -0.4 is 10.6 Å². The molecule has 0 saturated carbocycles. The van der Waals surface area contributed by atoms with Gasteiger partial charge in [0, 0.05) is 35.8 Å². The lowest BCUT2D eigenvalue weighted by molar-refractivity contribution is 0.588. The second-order valence-corrected chi connectivity index (χ2v) is 5.85. The Morgan fingerprint density at radius 3 is 2.82 bits per heavy atom. The van der Waals surface area contributed by atoms with E-state index in [-0.39, 0.29) is 6.04 Å². The molecule has 0 radical (unpaired) electrons. The topological polar surface area (TPSA) is 80.8 Å². The molecule has 2 aromatic rings. The number of nitrogen functional groups attached to an aromatic ring is 1. The SMILES string of the molecule is Cc1cc(N2CCCCCC2c2cncnc2C)nc(N)n1. The van der Waals surface area contributed by atoms with Crippen molar-refractivity contribution in [3.8, 4) is 0 Å². The van der Waals surface area contributed by atoms with Crippen LogP contribution in [-0.2, 0) is 0 Å². The first kappa shape index (κ1) is 14.7. The van der Waals surface area contributed by atoms with E-state index >= 15 is 0 Å². The van der Waals surface area contributed by atoms with Gasteiger partial charge in [0.25, 0.3) is 0 Å². The molecule has 116 valence electrons. The van der Waals surface area contributed by atoms with Crippen LogP contribution in [0.3, 0.4) is 0 Å².